The summed E-state index contributed by atoms with van der Waals surface area (Å²) in [5.74, 6) is -2.72. The second kappa shape index (κ2) is 8.02. The normalized spacial score (nSPS) is 18.4. The Kier molecular flexibility index (Phi) is 4.81. The highest BCUT2D eigenvalue weighted by atomic mass is 19.1. The van der Waals surface area contributed by atoms with Crippen molar-refractivity contribution >= 4 is 39.6 Å². The zero-order chi connectivity index (χ0) is 24.1. The van der Waals surface area contributed by atoms with E-state index in [1.165, 1.54) is 6.20 Å². The smallest absolute Gasteiger partial charge is 0.341 e. The molecule has 0 radical (unpaired) electrons. The van der Waals surface area contributed by atoms with Crippen molar-refractivity contribution in [1.82, 2.24) is 10.3 Å². The van der Waals surface area contributed by atoms with Crippen molar-refractivity contribution in [2.24, 2.45) is 4.99 Å². The van der Waals surface area contributed by atoms with Gasteiger partial charge in [0.25, 0.3) is 0 Å². The lowest BCUT2D eigenvalue weighted by Gasteiger charge is -2.42. The van der Waals surface area contributed by atoms with E-state index in [2.05, 4.69) is 10.3 Å². The summed E-state index contributed by atoms with van der Waals surface area (Å²) >= 11 is 0. The van der Waals surface area contributed by atoms with Gasteiger partial charge in [-0.05, 0) is 41.1 Å². The number of hydrogen-bond acceptors (Lipinski definition) is 6. The number of fused-ring (bicyclic) bond motifs is 3. The third-order valence-corrected chi connectivity index (χ3v) is 6.39. The molecule has 1 aromatic heterocycles. The van der Waals surface area contributed by atoms with Crippen LogP contribution in [0.4, 0.5) is 15.8 Å². The van der Waals surface area contributed by atoms with E-state index < -0.39 is 29.2 Å². The van der Waals surface area contributed by atoms with Gasteiger partial charge in [0.05, 0.1) is 22.8 Å². The molecular formula is C27H19FN4O3. The summed E-state index contributed by atoms with van der Waals surface area (Å²) in [4.78, 5) is 35.6. The van der Waals surface area contributed by atoms with Gasteiger partial charge in [0, 0.05) is 36.6 Å². The lowest BCUT2D eigenvalue weighted by molar-refractivity contribution is -0.134. The van der Waals surface area contributed by atoms with E-state index in [1.807, 2.05) is 54.6 Å². The maximum Gasteiger partial charge on any atom is 0.341 e. The first-order chi connectivity index (χ1) is 17.0. The molecule has 3 aliphatic rings. The number of halogens is 1. The monoisotopic (exact) mass is 466 g/mol. The lowest BCUT2D eigenvalue weighted by atomic mass is 9.83. The second-order valence-electron chi connectivity index (χ2n) is 8.49. The standard InChI is InChI=1S/C27H19FN4O3/c28-20-13-18-25-24(23(20)30-10-8-17-7-3-4-9-29-17)31-21-11-15-5-1-2-6-16(15)12-22(21)32(25)14-19(26(18)33)27(34)35/h1-7,9,11-14,25,30H,8,10H2,(H,34,35). The maximum atomic E-state index is 15.4. The maximum absolute atomic E-state index is 15.4. The Morgan fingerprint density at radius 1 is 1.11 bits per heavy atom. The van der Waals surface area contributed by atoms with Crippen LogP contribution in [0.5, 0.6) is 0 Å². The van der Waals surface area contributed by atoms with E-state index in [-0.39, 0.29) is 11.3 Å². The van der Waals surface area contributed by atoms with Gasteiger partial charge >= 0.3 is 5.97 Å². The number of hydrogen-bond donors (Lipinski definition) is 2. The minimum Gasteiger partial charge on any atom is -0.477 e. The number of allylic oxidation sites excluding steroid dienone is 2. The first-order valence-electron chi connectivity index (χ1n) is 11.2. The van der Waals surface area contributed by atoms with Gasteiger partial charge in [-0.2, -0.15) is 0 Å². The minimum absolute atomic E-state index is 0.0511. The fourth-order valence-electron chi connectivity index (χ4n) is 4.75. The number of benzene rings is 2. The molecule has 0 fully saturated rings. The summed E-state index contributed by atoms with van der Waals surface area (Å²) in [6.45, 7) is 0.406. The molecule has 2 N–H and O–H groups in total. The number of carboxylic acids is 1. The minimum atomic E-state index is -1.36. The number of pyridine rings is 1. The number of carbonyl (C=O) groups is 2. The Balaban J connectivity index is 1.48. The highest BCUT2D eigenvalue weighted by molar-refractivity contribution is 6.30. The summed E-state index contributed by atoms with van der Waals surface area (Å²) in [7, 11) is 0. The van der Waals surface area contributed by atoms with Crippen LogP contribution in [-0.4, -0.2) is 40.1 Å². The van der Waals surface area contributed by atoms with E-state index in [0.29, 0.717) is 30.1 Å². The van der Waals surface area contributed by atoms with Gasteiger partial charge in [-0.3, -0.25) is 9.78 Å². The fraction of sp³-hybridized carbons (Fsp3) is 0.111. The number of aliphatic imine (C=N–C) groups is 1. The largest absolute Gasteiger partial charge is 0.477 e. The Hall–Kier alpha value is -4.59. The molecule has 3 heterocycles. The molecule has 1 atom stereocenters. The molecule has 2 aliphatic heterocycles. The zero-order valence-electron chi connectivity index (χ0n) is 18.4. The summed E-state index contributed by atoms with van der Waals surface area (Å²) in [6.07, 6.45) is 4.74. The number of nitrogens with one attached hydrogen (secondary N) is 1. The molecular weight excluding hydrogens is 447 g/mol. The van der Waals surface area contributed by atoms with Crippen LogP contribution >= 0.6 is 0 Å². The van der Waals surface area contributed by atoms with Crippen molar-refractivity contribution in [3.63, 3.8) is 0 Å². The number of anilines is 1. The van der Waals surface area contributed by atoms with Crippen LogP contribution in [0, 0.1) is 0 Å². The van der Waals surface area contributed by atoms with Crippen LogP contribution in [0.1, 0.15) is 5.69 Å². The molecule has 2 aromatic carbocycles. The Labute approximate surface area is 199 Å². The van der Waals surface area contributed by atoms with Crippen molar-refractivity contribution in [2.45, 2.75) is 12.5 Å². The van der Waals surface area contributed by atoms with Crippen molar-refractivity contribution in [3.8, 4) is 0 Å². The van der Waals surface area contributed by atoms with Gasteiger partial charge in [0.2, 0.25) is 0 Å². The third kappa shape index (κ3) is 3.42. The summed E-state index contributed by atoms with van der Waals surface area (Å²) in [6, 6.07) is 16.4. The predicted molar refractivity (Wildman–Crippen MR) is 130 cm³/mol. The molecule has 1 aliphatic carbocycles. The summed E-state index contributed by atoms with van der Waals surface area (Å²) in [5.41, 5.74) is 2.27. The van der Waals surface area contributed by atoms with Crippen LogP contribution in [0.15, 0.2) is 101 Å². The number of ketones is 1. The molecule has 8 heteroatoms. The number of carbonyl (C=O) groups excluding carboxylic acids is 1. The number of aromatic nitrogens is 1. The number of carboxylic acid groups (broad SMARTS) is 1. The molecule has 6 rings (SSSR count). The van der Waals surface area contributed by atoms with Crippen molar-refractivity contribution < 1.29 is 19.1 Å². The fourth-order valence-corrected chi connectivity index (χ4v) is 4.75. The SMILES string of the molecule is O=C(O)C1=CN2c3cc4ccccc4cc3N=C3C(NCCc4ccccn4)=C(F)C=C(C1=O)C32. The Morgan fingerprint density at radius 2 is 1.89 bits per heavy atom. The van der Waals surface area contributed by atoms with Crippen molar-refractivity contribution in [3.05, 3.63) is 101 Å². The lowest BCUT2D eigenvalue weighted by Crippen LogP contribution is -2.51. The first kappa shape index (κ1) is 21.0. The molecule has 0 amide bonds. The van der Waals surface area contributed by atoms with Crippen LogP contribution in [0.25, 0.3) is 10.8 Å². The van der Waals surface area contributed by atoms with E-state index in [1.54, 1.807) is 11.1 Å². The van der Waals surface area contributed by atoms with Crippen LogP contribution in [0.2, 0.25) is 0 Å². The predicted octanol–water partition coefficient (Wildman–Crippen LogP) is 4.00. The van der Waals surface area contributed by atoms with E-state index in [9.17, 15) is 14.7 Å². The Morgan fingerprint density at radius 3 is 2.63 bits per heavy atom. The Bertz CT molecular complexity index is 1540. The first-order valence-corrected chi connectivity index (χ1v) is 11.2. The average Bonchev–Trinajstić information content (AvgIpc) is 2.86. The van der Waals surface area contributed by atoms with Gasteiger partial charge in [-0.1, -0.05) is 30.3 Å². The van der Waals surface area contributed by atoms with E-state index in [0.717, 1.165) is 22.5 Å². The van der Waals surface area contributed by atoms with Gasteiger partial charge in [-0.15, -0.1) is 0 Å². The second-order valence-corrected chi connectivity index (χ2v) is 8.49. The zero-order valence-corrected chi connectivity index (χ0v) is 18.4. The van der Waals surface area contributed by atoms with Crippen molar-refractivity contribution in [2.75, 3.05) is 11.4 Å². The van der Waals surface area contributed by atoms with Crippen LogP contribution < -0.4 is 10.2 Å². The molecule has 1 unspecified atom stereocenters. The molecule has 0 bridgehead atoms. The quantitative estimate of drug-likeness (QED) is 0.552. The van der Waals surface area contributed by atoms with Gasteiger partial charge in [0.1, 0.15) is 17.4 Å². The highest BCUT2D eigenvalue weighted by Gasteiger charge is 2.45. The van der Waals surface area contributed by atoms with Gasteiger partial charge in [0.15, 0.2) is 5.78 Å². The topological polar surface area (TPSA) is 94.9 Å². The highest BCUT2D eigenvalue weighted by Crippen LogP contribution is 2.45. The van der Waals surface area contributed by atoms with E-state index >= 15 is 4.39 Å². The molecule has 172 valence electrons. The molecule has 0 spiro atoms. The van der Waals surface area contributed by atoms with Crippen LogP contribution in [0.3, 0.4) is 0 Å². The number of rotatable bonds is 5. The van der Waals surface area contributed by atoms with Crippen LogP contribution in [-0.2, 0) is 16.0 Å². The molecule has 7 nitrogen and oxygen atoms in total. The number of aliphatic carboxylic acids is 1. The number of nitrogens with zero attached hydrogens (tertiary/aromatic N) is 3. The third-order valence-electron chi connectivity index (χ3n) is 6.39. The summed E-state index contributed by atoms with van der Waals surface area (Å²) in [5, 5.41) is 14.7. The molecule has 35 heavy (non-hydrogen) atoms. The van der Waals surface area contributed by atoms with Gasteiger partial charge < -0.3 is 15.3 Å². The molecule has 3 aromatic rings. The summed E-state index contributed by atoms with van der Waals surface area (Å²) < 4.78 is 15.4. The molecule has 0 saturated carbocycles. The van der Waals surface area contributed by atoms with E-state index in [4.69, 9.17) is 4.99 Å². The van der Waals surface area contributed by atoms with Crippen molar-refractivity contribution in [1.29, 1.82) is 0 Å². The average molecular weight is 466 g/mol. The number of Topliss-reactive ketones (excluding diaryl/α,β-unsaturated/α-hetero) is 1. The molecule has 0 saturated heterocycles. The van der Waals surface area contributed by atoms with Gasteiger partial charge in [-0.25, -0.2) is 14.2 Å².